The number of benzene rings is 3. The summed E-state index contributed by atoms with van der Waals surface area (Å²) in [5.41, 5.74) is 2.20. The van der Waals surface area contributed by atoms with Crippen molar-refractivity contribution in [2.24, 2.45) is 0 Å². The average molecular weight is 571 g/mol. The van der Waals surface area contributed by atoms with Crippen molar-refractivity contribution < 1.29 is 28.2 Å². The maximum atomic E-state index is 14.1. The smallest absolute Gasteiger partial charge is 0.255 e. The number of nitrogens with zero attached hydrogens (tertiary/aromatic N) is 1. The van der Waals surface area contributed by atoms with Crippen LogP contribution >= 0.6 is 15.9 Å². The largest absolute Gasteiger partial charge is 0.490 e. The number of amides is 2. The van der Waals surface area contributed by atoms with E-state index in [1.54, 1.807) is 30.3 Å². The van der Waals surface area contributed by atoms with Crippen molar-refractivity contribution in [2.45, 2.75) is 26.8 Å². The predicted molar refractivity (Wildman–Crippen MR) is 142 cm³/mol. The maximum Gasteiger partial charge on any atom is 0.255 e. The third kappa shape index (κ3) is 5.72. The molecule has 194 valence electrons. The number of fused-ring (bicyclic) bond motifs is 1. The maximum absolute atomic E-state index is 14.1. The fourth-order valence-electron chi connectivity index (χ4n) is 4.35. The van der Waals surface area contributed by atoms with Gasteiger partial charge in [0.2, 0.25) is 11.7 Å². The molecule has 2 amide bonds. The highest BCUT2D eigenvalue weighted by atomic mass is 79.9. The van der Waals surface area contributed by atoms with E-state index >= 15 is 0 Å². The Morgan fingerprint density at radius 1 is 0.973 bits per heavy atom. The number of hydrogen-bond donors (Lipinski definition) is 1. The zero-order chi connectivity index (χ0) is 26.5. The lowest BCUT2D eigenvalue weighted by Crippen LogP contribution is -2.39. The van der Waals surface area contributed by atoms with Crippen molar-refractivity contribution in [2.75, 3.05) is 31.7 Å². The van der Waals surface area contributed by atoms with E-state index in [-0.39, 0.29) is 18.0 Å². The second kappa shape index (κ2) is 11.6. The van der Waals surface area contributed by atoms with Crippen LogP contribution in [0.5, 0.6) is 17.2 Å². The third-order valence-corrected chi connectivity index (χ3v) is 6.30. The molecule has 0 bridgehead atoms. The van der Waals surface area contributed by atoms with Crippen molar-refractivity contribution in [1.29, 1.82) is 0 Å². The highest BCUT2D eigenvalue weighted by Crippen LogP contribution is 2.42. The molecule has 1 atom stereocenters. The van der Waals surface area contributed by atoms with Gasteiger partial charge in [-0.2, -0.15) is 0 Å². The number of rotatable bonds is 8. The Bertz CT molecular complexity index is 1270. The summed E-state index contributed by atoms with van der Waals surface area (Å²) in [7, 11) is 0. The number of hydrogen-bond acceptors (Lipinski definition) is 5. The van der Waals surface area contributed by atoms with Crippen molar-refractivity contribution in [3.05, 3.63) is 81.6 Å². The van der Waals surface area contributed by atoms with Gasteiger partial charge in [-0.15, -0.1) is 0 Å². The minimum Gasteiger partial charge on any atom is -0.490 e. The van der Waals surface area contributed by atoms with Crippen molar-refractivity contribution in [3.8, 4) is 17.2 Å². The van der Waals surface area contributed by atoms with Crippen LogP contribution in [-0.2, 0) is 4.79 Å². The van der Waals surface area contributed by atoms with Gasteiger partial charge < -0.3 is 24.4 Å². The minimum absolute atomic E-state index is 0.214. The molecule has 0 aliphatic carbocycles. The highest BCUT2D eigenvalue weighted by Gasteiger charge is 2.35. The minimum atomic E-state index is -0.669. The molecule has 0 radical (unpaired) electrons. The monoisotopic (exact) mass is 570 g/mol. The first kappa shape index (κ1) is 26.5. The lowest BCUT2D eigenvalue weighted by molar-refractivity contribution is -0.117. The quantitative estimate of drug-likeness (QED) is 0.361. The Morgan fingerprint density at radius 2 is 1.59 bits per heavy atom. The molecular weight excluding hydrogens is 543 g/mol. The van der Waals surface area contributed by atoms with E-state index in [0.29, 0.717) is 53.9 Å². The van der Waals surface area contributed by atoms with E-state index in [1.165, 1.54) is 17.0 Å². The molecule has 1 heterocycles. The molecule has 0 spiro atoms. The standard InChI is InChI=1S/C28H28BrFN2O5/c1-4-35-23-13-18(14-24(36-5-2)27(23)37-6-3)28(34)32-16-25(33)31-22-12-9-19(29)15-21(22)26(32)17-7-10-20(30)11-8-17/h7-15,26H,4-6,16H2,1-3H3,(H,31,33). The molecule has 7 nitrogen and oxygen atoms in total. The van der Waals surface area contributed by atoms with Gasteiger partial charge in [0.15, 0.2) is 11.5 Å². The van der Waals surface area contributed by atoms with Crippen LogP contribution < -0.4 is 19.5 Å². The second-order valence-corrected chi connectivity index (χ2v) is 9.18. The summed E-state index contributed by atoms with van der Waals surface area (Å²) >= 11 is 3.50. The predicted octanol–water partition coefficient (Wildman–Crippen LogP) is 5.97. The van der Waals surface area contributed by atoms with Crippen LogP contribution in [0.3, 0.4) is 0 Å². The lowest BCUT2D eigenvalue weighted by Gasteiger charge is -2.31. The van der Waals surface area contributed by atoms with Gasteiger partial charge in [-0.1, -0.05) is 28.1 Å². The molecule has 0 saturated heterocycles. The van der Waals surface area contributed by atoms with Crippen molar-refractivity contribution >= 4 is 33.4 Å². The van der Waals surface area contributed by atoms with Crippen molar-refractivity contribution in [1.82, 2.24) is 4.90 Å². The molecule has 3 aromatic rings. The van der Waals surface area contributed by atoms with Crippen LogP contribution in [-0.4, -0.2) is 43.1 Å². The van der Waals surface area contributed by atoms with Gasteiger partial charge >= 0.3 is 0 Å². The molecule has 0 fully saturated rings. The summed E-state index contributed by atoms with van der Waals surface area (Å²) in [6.45, 7) is 6.41. The van der Waals surface area contributed by atoms with E-state index in [2.05, 4.69) is 21.2 Å². The van der Waals surface area contributed by atoms with E-state index in [1.807, 2.05) is 32.9 Å². The van der Waals surface area contributed by atoms with Crippen LogP contribution in [0.2, 0.25) is 0 Å². The van der Waals surface area contributed by atoms with E-state index in [0.717, 1.165) is 4.47 Å². The Labute approximate surface area is 223 Å². The third-order valence-electron chi connectivity index (χ3n) is 5.81. The Morgan fingerprint density at radius 3 is 2.19 bits per heavy atom. The number of halogens is 2. The number of anilines is 1. The van der Waals surface area contributed by atoms with E-state index in [4.69, 9.17) is 14.2 Å². The molecular formula is C28H28BrFN2O5. The van der Waals surface area contributed by atoms with Crippen LogP contribution in [0.4, 0.5) is 10.1 Å². The number of nitrogens with one attached hydrogen (secondary N) is 1. The zero-order valence-electron chi connectivity index (χ0n) is 20.8. The number of carbonyl (C=O) groups excluding carboxylic acids is 2. The molecule has 1 aliphatic rings. The van der Waals surface area contributed by atoms with E-state index in [9.17, 15) is 14.0 Å². The summed E-state index contributed by atoms with van der Waals surface area (Å²) in [5.74, 6) is 0.0115. The molecule has 4 rings (SSSR count). The molecule has 1 aliphatic heterocycles. The second-order valence-electron chi connectivity index (χ2n) is 8.27. The first-order valence-corrected chi connectivity index (χ1v) is 12.9. The van der Waals surface area contributed by atoms with Gasteiger partial charge in [-0.3, -0.25) is 9.59 Å². The molecule has 37 heavy (non-hydrogen) atoms. The fourth-order valence-corrected chi connectivity index (χ4v) is 4.73. The Balaban J connectivity index is 1.88. The topological polar surface area (TPSA) is 77.1 Å². The zero-order valence-corrected chi connectivity index (χ0v) is 22.4. The van der Waals surface area contributed by atoms with Crippen LogP contribution in [0, 0.1) is 5.82 Å². The van der Waals surface area contributed by atoms with E-state index < -0.39 is 17.8 Å². The normalized spacial score (nSPS) is 14.9. The molecule has 0 saturated carbocycles. The first-order valence-electron chi connectivity index (χ1n) is 12.1. The van der Waals surface area contributed by atoms with Gasteiger partial charge in [0.05, 0.1) is 25.9 Å². The first-order chi connectivity index (χ1) is 17.9. The Hall–Kier alpha value is -3.59. The molecule has 1 N–H and O–H groups in total. The van der Waals surface area contributed by atoms with Gasteiger partial charge in [-0.25, -0.2) is 4.39 Å². The summed E-state index contributed by atoms with van der Waals surface area (Å²) < 4.78 is 32.0. The SMILES string of the molecule is CCOc1cc(C(=O)N2CC(=O)Nc3ccc(Br)cc3C2c2ccc(F)cc2)cc(OCC)c1OCC. The van der Waals surface area contributed by atoms with Gasteiger partial charge in [0, 0.05) is 21.3 Å². The van der Waals surface area contributed by atoms with Crippen molar-refractivity contribution in [3.63, 3.8) is 0 Å². The summed E-state index contributed by atoms with van der Waals surface area (Å²) in [6, 6.07) is 13.9. The van der Waals surface area contributed by atoms with Gasteiger partial charge in [-0.05, 0) is 68.8 Å². The van der Waals surface area contributed by atoms with Crippen LogP contribution in [0.25, 0.3) is 0 Å². The van der Waals surface area contributed by atoms with Gasteiger partial charge in [0.25, 0.3) is 5.91 Å². The Kier molecular flexibility index (Phi) is 8.33. The van der Waals surface area contributed by atoms with Crippen LogP contribution in [0.15, 0.2) is 59.1 Å². The molecule has 3 aromatic carbocycles. The molecule has 0 aromatic heterocycles. The summed E-state index contributed by atoms with van der Waals surface area (Å²) in [6.07, 6.45) is 0. The summed E-state index contributed by atoms with van der Waals surface area (Å²) in [5, 5.41) is 2.89. The fraction of sp³-hybridized carbons (Fsp3) is 0.286. The average Bonchev–Trinajstić information content (AvgIpc) is 3.01. The van der Waals surface area contributed by atoms with Crippen LogP contribution in [0.1, 0.15) is 48.3 Å². The van der Waals surface area contributed by atoms with Gasteiger partial charge in [0.1, 0.15) is 12.4 Å². The number of ether oxygens (including phenoxy) is 3. The molecule has 9 heteroatoms. The number of carbonyl (C=O) groups is 2. The highest BCUT2D eigenvalue weighted by molar-refractivity contribution is 9.10. The summed E-state index contributed by atoms with van der Waals surface area (Å²) in [4.78, 5) is 28.5. The molecule has 1 unspecified atom stereocenters. The lowest BCUT2D eigenvalue weighted by atomic mass is 9.95.